The van der Waals surface area contributed by atoms with Gasteiger partial charge in [-0.15, -0.1) is 0 Å². The molecule has 1 aromatic rings. The van der Waals surface area contributed by atoms with Gasteiger partial charge in [-0.25, -0.2) is 8.42 Å². The maximum Gasteiger partial charge on any atom is 0.244 e. The quantitative estimate of drug-likeness (QED) is 0.898. The lowest BCUT2D eigenvalue weighted by atomic mass is 10.3. The van der Waals surface area contributed by atoms with E-state index in [2.05, 4.69) is 0 Å². The molecule has 0 aromatic heterocycles. The second-order valence-electron chi connectivity index (χ2n) is 4.54. The molecule has 1 fully saturated rings. The minimum Gasteiger partial charge on any atom is -0.395 e. The van der Waals surface area contributed by atoms with Crippen molar-refractivity contribution in [2.24, 2.45) is 0 Å². The molecule has 2 rings (SSSR count). The van der Waals surface area contributed by atoms with Crippen LogP contribution in [0, 0.1) is 0 Å². The largest absolute Gasteiger partial charge is 0.395 e. The van der Waals surface area contributed by atoms with Gasteiger partial charge in [-0.2, -0.15) is 4.31 Å². The summed E-state index contributed by atoms with van der Waals surface area (Å²) in [6, 6.07) is 4.42. The summed E-state index contributed by atoms with van der Waals surface area (Å²) < 4.78 is 26.5. The van der Waals surface area contributed by atoms with E-state index < -0.39 is 10.0 Å². The zero-order valence-corrected chi connectivity index (χ0v) is 13.1. The van der Waals surface area contributed by atoms with Crippen LogP contribution in [0.2, 0.25) is 10.0 Å². The first-order valence-corrected chi connectivity index (χ1v) is 8.43. The van der Waals surface area contributed by atoms with Crippen LogP contribution in [0.3, 0.4) is 0 Å². The average molecular weight is 339 g/mol. The molecule has 0 saturated carbocycles. The van der Waals surface area contributed by atoms with E-state index in [0.29, 0.717) is 37.7 Å². The molecule has 1 aliphatic rings. The lowest BCUT2D eigenvalue weighted by molar-refractivity contribution is 0.151. The van der Waals surface area contributed by atoms with E-state index in [1.807, 2.05) is 4.90 Å². The minimum atomic E-state index is -3.63. The monoisotopic (exact) mass is 338 g/mol. The first kappa shape index (κ1) is 16.0. The molecule has 0 unspecified atom stereocenters. The van der Waals surface area contributed by atoms with Crippen molar-refractivity contribution < 1.29 is 13.5 Å². The fourth-order valence-corrected chi connectivity index (χ4v) is 4.31. The van der Waals surface area contributed by atoms with Gasteiger partial charge in [-0.1, -0.05) is 23.2 Å². The van der Waals surface area contributed by atoms with E-state index in [4.69, 9.17) is 28.3 Å². The third kappa shape index (κ3) is 3.44. The van der Waals surface area contributed by atoms with Gasteiger partial charge in [-0.3, -0.25) is 4.90 Å². The summed E-state index contributed by atoms with van der Waals surface area (Å²) in [5.41, 5.74) is 0. The molecule has 1 heterocycles. The Hall–Kier alpha value is -0.370. The van der Waals surface area contributed by atoms with E-state index in [1.165, 1.54) is 16.4 Å². The van der Waals surface area contributed by atoms with Gasteiger partial charge in [0.15, 0.2) is 0 Å². The number of aliphatic hydroxyl groups is 1. The van der Waals surface area contributed by atoms with Crippen molar-refractivity contribution in [3.05, 3.63) is 28.2 Å². The Morgan fingerprint density at radius 2 is 1.80 bits per heavy atom. The number of hydrogen-bond donors (Lipinski definition) is 1. The number of halogens is 2. The Morgan fingerprint density at radius 1 is 1.15 bits per heavy atom. The lowest BCUT2D eigenvalue weighted by Gasteiger charge is -2.33. The molecule has 0 radical (unpaired) electrons. The van der Waals surface area contributed by atoms with Crippen LogP contribution in [0.25, 0.3) is 0 Å². The number of hydrogen-bond acceptors (Lipinski definition) is 4. The third-order valence-electron chi connectivity index (χ3n) is 3.26. The summed E-state index contributed by atoms with van der Waals surface area (Å²) in [5, 5.41) is 9.40. The molecule has 1 N–H and O–H groups in total. The summed E-state index contributed by atoms with van der Waals surface area (Å²) in [4.78, 5) is 2.06. The van der Waals surface area contributed by atoms with Crippen LogP contribution in [0.1, 0.15) is 0 Å². The molecule has 0 amide bonds. The van der Waals surface area contributed by atoms with Gasteiger partial charge in [0.25, 0.3) is 0 Å². The van der Waals surface area contributed by atoms with E-state index in [1.54, 1.807) is 6.07 Å². The van der Waals surface area contributed by atoms with Gasteiger partial charge in [-0.05, 0) is 18.2 Å². The third-order valence-corrected chi connectivity index (χ3v) is 5.87. The highest BCUT2D eigenvalue weighted by Gasteiger charge is 2.30. The van der Waals surface area contributed by atoms with Gasteiger partial charge >= 0.3 is 0 Å². The molecule has 1 aliphatic heterocycles. The van der Waals surface area contributed by atoms with E-state index in [-0.39, 0.29) is 16.5 Å². The Bertz CT molecular complexity index is 572. The lowest BCUT2D eigenvalue weighted by Crippen LogP contribution is -2.49. The van der Waals surface area contributed by atoms with Gasteiger partial charge in [0.2, 0.25) is 10.0 Å². The summed E-state index contributed by atoms with van der Waals surface area (Å²) >= 11 is 11.8. The molecule has 5 nitrogen and oxygen atoms in total. The molecule has 1 saturated heterocycles. The summed E-state index contributed by atoms with van der Waals surface area (Å²) in [6.07, 6.45) is 0. The highest BCUT2D eigenvalue weighted by atomic mass is 35.5. The topological polar surface area (TPSA) is 60.9 Å². The molecule has 0 spiro atoms. The molecular formula is C12H16Cl2N2O3S. The van der Waals surface area contributed by atoms with Gasteiger partial charge in [0.05, 0.1) is 11.6 Å². The van der Waals surface area contributed by atoms with Crippen molar-refractivity contribution in [3.63, 3.8) is 0 Å². The molecule has 8 heteroatoms. The molecule has 1 aromatic carbocycles. The van der Waals surface area contributed by atoms with Crippen molar-refractivity contribution >= 4 is 33.2 Å². The highest BCUT2D eigenvalue weighted by Crippen LogP contribution is 2.28. The Labute approximate surface area is 128 Å². The summed E-state index contributed by atoms with van der Waals surface area (Å²) in [6.45, 7) is 2.59. The fraction of sp³-hybridized carbons (Fsp3) is 0.500. The van der Waals surface area contributed by atoms with E-state index >= 15 is 0 Å². The second kappa shape index (κ2) is 6.60. The molecule has 0 bridgehead atoms. The van der Waals surface area contributed by atoms with Crippen molar-refractivity contribution in [3.8, 4) is 0 Å². The number of β-amino-alcohol motifs (C(OH)–C–C–N with tert-alkyl or cyclic N) is 1. The SMILES string of the molecule is O=S(=O)(c1cc(Cl)ccc1Cl)N1CCN(CCO)CC1. The first-order chi connectivity index (χ1) is 9.45. The highest BCUT2D eigenvalue weighted by molar-refractivity contribution is 7.89. The van der Waals surface area contributed by atoms with Gasteiger partial charge in [0.1, 0.15) is 4.90 Å². The van der Waals surface area contributed by atoms with Gasteiger partial charge in [0, 0.05) is 37.7 Å². The van der Waals surface area contributed by atoms with Crippen LogP contribution < -0.4 is 0 Å². The summed E-state index contributed by atoms with van der Waals surface area (Å²) in [7, 11) is -3.63. The normalized spacial score (nSPS) is 18.4. The molecule has 0 aliphatic carbocycles. The van der Waals surface area contributed by atoms with Crippen LogP contribution in [0.15, 0.2) is 23.1 Å². The first-order valence-electron chi connectivity index (χ1n) is 6.23. The van der Waals surface area contributed by atoms with Crippen LogP contribution in [0.5, 0.6) is 0 Å². The second-order valence-corrected chi connectivity index (χ2v) is 7.29. The Morgan fingerprint density at radius 3 is 2.40 bits per heavy atom. The molecule has 0 atom stereocenters. The maximum absolute atomic E-state index is 12.5. The average Bonchev–Trinajstić information content (AvgIpc) is 2.42. The van der Waals surface area contributed by atoms with Gasteiger partial charge < -0.3 is 5.11 Å². The number of nitrogens with zero attached hydrogens (tertiary/aromatic N) is 2. The van der Waals surface area contributed by atoms with Crippen molar-refractivity contribution in [1.29, 1.82) is 0 Å². The standard InChI is InChI=1S/C12H16Cl2N2O3S/c13-10-1-2-11(14)12(9-10)20(18,19)16-5-3-15(4-6-16)7-8-17/h1-2,9,17H,3-8H2. The van der Waals surface area contributed by atoms with E-state index in [0.717, 1.165) is 0 Å². The van der Waals surface area contributed by atoms with Crippen molar-refractivity contribution in [2.45, 2.75) is 4.90 Å². The maximum atomic E-state index is 12.5. The predicted molar refractivity (Wildman–Crippen MR) is 78.7 cm³/mol. The van der Waals surface area contributed by atoms with Crippen molar-refractivity contribution in [1.82, 2.24) is 9.21 Å². The summed E-state index contributed by atoms with van der Waals surface area (Å²) in [5.74, 6) is 0. The predicted octanol–water partition coefficient (Wildman–Crippen LogP) is 1.29. The van der Waals surface area contributed by atoms with Crippen LogP contribution >= 0.6 is 23.2 Å². The van der Waals surface area contributed by atoms with Crippen LogP contribution in [-0.4, -0.2) is 62.1 Å². The number of aliphatic hydroxyl groups excluding tert-OH is 1. The smallest absolute Gasteiger partial charge is 0.244 e. The molecular weight excluding hydrogens is 323 g/mol. The number of piperazine rings is 1. The number of benzene rings is 1. The Kier molecular flexibility index (Phi) is 5.28. The molecule has 20 heavy (non-hydrogen) atoms. The van der Waals surface area contributed by atoms with Crippen LogP contribution in [-0.2, 0) is 10.0 Å². The van der Waals surface area contributed by atoms with Crippen molar-refractivity contribution in [2.75, 3.05) is 39.3 Å². The Balaban J connectivity index is 2.18. The number of sulfonamides is 1. The molecule has 112 valence electrons. The minimum absolute atomic E-state index is 0.0438. The number of rotatable bonds is 4. The zero-order valence-electron chi connectivity index (χ0n) is 10.8. The zero-order chi connectivity index (χ0) is 14.8. The fourth-order valence-electron chi connectivity index (χ4n) is 2.15. The van der Waals surface area contributed by atoms with Crippen LogP contribution in [0.4, 0.5) is 0 Å². The van der Waals surface area contributed by atoms with E-state index in [9.17, 15) is 8.42 Å².